The molecule has 0 saturated heterocycles. The monoisotopic (exact) mass is 398 g/mol. The maximum Gasteiger partial charge on any atom is 0.262 e. The van der Waals surface area contributed by atoms with Crippen molar-refractivity contribution < 1.29 is 14.4 Å². The van der Waals surface area contributed by atoms with Crippen molar-refractivity contribution in [1.82, 2.24) is 4.90 Å². The minimum Gasteiger partial charge on any atom is -0.323 e. The lowest BCUT2D eigenvalue weighted by atomic mass is 9.96. The number of carbonyl (C=O) groups is 3. The molecule has 0 saturated carbocycles. The molecule has 2 aromatic carbocycles. The van der Waals surface area contributed by atoms with E-state index < -0.39 is 23.8 Å². The molecule has 0 fully saturated rings. The number of carbonyl (C=O) groups excluding carboxylic acids is 3. The Labute approximate surface area is 169 Å². The van der Waals surface area contributed by atoms with Crippen LogP contribution in [-0.4, -0.2) is 28.7 Å². The van der Waals surface area contributed by atoms with Gasteiger partial charge in [-0.05, 0) is 49.1 Å². The van der Waals surface area contributed by atoms with E-state index in [-0.39, 0.29) is 5.92 Å². The summed E-state index contributed by atoms with van der Waals surface area (Å²) < 4.78 is 0. The van der Waals surface area contributed by atoms with E-state index in [1.165, 1.54) is 0 Å². The van der Waals surface area contributed by atoms with Gasteiger partial charge >= 0.3 is 0 Å². The average molecular weight is 399 g/mol. The summed E-state index contributed by atoms with van der Waals surface area (Å²) >= 11 is 6.32. The molecule has 146 valence electrons. The lowest BCUT2D eigenvalue weighted by Gasteiger charge is -2.30. The second kappa shape index (κ2) is 7.76. The first kappa shape index (κ1) is 20.1. The minimum absolute atomic E-state index is 0.216. The van der Waals surface area contributed by atoms with Gasteiger partial charge in [0.1, 0.15) is 6.04 Å². The highest BCUT2D eigenvalue weighted by molar-refractivity contribution is 6.34. The number of nitrogens with one attached hydrogen (secondary N) is 1. The van der Waals surface area contributed by atoms with Crippen LogP contribution in [0.1, 0.15) is 52.1 Å². The number of imide groups is 1. The Morgan fingerprint density at radius 3 is 2.18 bits per heavy atom. The number of halogens is 1. The van der Waals surface area contributed by atoms with Gasteiger partial charge in [-0.25, -0.2) is 0 Å². The number of aryl methyl sites for hydroxylation is 2. The third-order valence-corrected chi connectivity index (χ3v) is 5.53. The molecule has 28 heavy (non-hydrogen) atoms. The van der Waals surface area contributed by atoms with Crippen molar-refractivity contribution in [3.63, 3.8) is 0 Å². The molecule has 0 radical (unpaired) electrons. The summed E-state index contributed by atoms with van der Waals surface area (Å²) in [5.74, 6) is -1.51. The maximum absolute atomic E-state index is 13.2. The van der Waals surface area contributed by atoms with E-state index in [4.69, 9.17) is 11.6 Å². The van der Waals surface area contributed by atoms with E-state index in [0.717, 1.165) is 16.0 Å². The topological polar surface area (TPSA) is 66.5 Å². The van der Waals surface area contributed by atoms with E-state index >= 15 is 0 Å². The maximum atomic E-state index is 13.2. The zero-order chi connectivity index (χ0) is 20.6. The van der Waals surface area contributed by atoms with E-state index in [9.17, 15) is 14.4 Å². The van der Waals surface area contributed by atoms with Crippen LogP contribution >= 0.6 is 11.6 Å². The molecular weight excluding hydrogens is 376 g/mol. The molecule has 0 unspecified atom stereocenters. The molecular formula is C22H23ClN2O3. The fourth-order valence-electron chi connectivity index (χ4n) is 3.59. The highest BCUT2D eigenvalue weighted by atomic mass is 35.5. The Bertz CT molecular complexity index is 912. The fraction of sp³-hybridized carbons (Fsp3) is 0.318. The van der Waals surface area contributed by atoms with Gasteiger partial charge < -0.3 is 5.32 Å². The Balaban J connectivity index is 1.97. The second-order valence-electron chi connectivity index (χ2n) is 7.28. The zero-order valence-electron chi connectivity index (χ0n) is 16.4. The molecule has 6 heteroatoms. The summed E-state index contributed by atoms with van der Waals surface area (Å²) in [4.78, 5) is 40.1. The van der Waals surface area contributed by atoms with Gasteiger partial charge in [0.15, 0.2) is 0 Å². The molecule has 0 aromatic heterocycles. The number of anilines is 1. The molecule has 3 amide bonds. The highest BCUT2D eigenvalue weighted by Crippen LogP contribution is 2.31. The van der Waals surface area contributed by atoms with Gasteiger partial charge in [0, 0.05) is 0 Å². The van der Waals surface area contributed by atoms with Crippen molar-refractivity contribution in [3.05, 3.63) is 63.7 Å². The summed E-state index contributed by atoms with van der Waals surface area (Å²) in [5, 5.41) is 3.28. The van der Waals surface area contributed by atoms with Crippen LogP contribution in [0.15, 0.2) is 36.4 Å². The molecule has 3 rings (SSSR count). The molecule has 1 heterocycles. The van der Waals surface area contributed by atoms with Gasteiger partial charge in [0.2, 0.25) is 5.91 Å². The molecule has 0 bridgehead atoms. The minimum atomic E-state index is -0.922. The molecule has 0 spiro atoms. The average Bonchev–Trinajstić information content (AvgIpc) is 2.90. The Hall–Kier alpha value is -2.66. The van der Waals surface area contributed by atoms with Crippen molar-refractivity contribution in [2.45, 2.75) is 40.2 Å². The fourth-order valence-corrected chi connectivity index (χ4v) is 3.95. The van der Waals surface area contributed by atoms with Gasteiger partial charge in [-0.3, -0.25) is 19.3 Å². The van der Waals surface area contributed by atoms with E-state index in [0.29, 0.717) is 28.3 Å². The van der Waals surface area contributed by atoms with Gasteiger partial charge in [0.25, 0.3) is 11.8 Å². The largest absolute Gasteiger partial charge is 0.323 e. The number of fused-ring (bicyclic) bond motifs is 1. The summed E-state index contributed by atoms with van der Waals surface area (Å²) in [6.07, 6.45) is 0.631. The Morgan fingerprint density at radius 2 is 1.68 bits per heavy atom. The summed E-state index contributed by atoms with van der Waals surface area (Å²) in [7, 11) is 0. The van der Waals surface area contributed by atoms with Gasteiger partial charge in [-0.2, -0.15) is 0 Å². The van der Waals surface area contributed by atoms with E-state index in [1.807, 2.05) is 33.8 Å². The van der Waals surface area contributed by atoms with E-state index in [2.05, 4.69) is 5.32 Å². The van der Waals surface area contributed by atoms with Crippen LogP contribution in [0.4, 0.5) is 5.69 Å². The summed E-state index contributed by atoms with van der Waals surface area (Å²) in [6, 6.07) is 9.41. The van der Waals surface area contributed by atoms with Crippen LogP contribution in [0.25, 0.3) is 0 Å². The first-order valence-electron chi connectivity index (χ1n) is 9.30. The first-order valence-corrected chi connectivity index (χ1v) is 9.68. The Morgan fingerprint density at radius 1 is 1.11 bits per heavy atom. The molecule has 0 aliphatic carbocycles. The third-order valence-electron chi connectivity index (χ3n) is 5.24. The van der Waals surface area contributed by atoms with Crippen molar-refractivity contribution in [2.24, 2.45) is 5.92 Å². The molecule has 5 nitrogen and oxygen atoms in total. The first-order chi connectivity index (χ1) is 13.3. The smallest absolute Gasteiger partial charge is 0.262 e. The predicted molar refractivity (Wildman–Crippen MR) is 110 cm³/mol. The molecule has 2 atom stereocenters. The Kier molecular flexibility index (Phi) is 5.57. The lowest BCUT2D eigenvalue weighted by Crippen LogP contribution is -2.50. The van der Waals surface area contributed by atoms with Crippen LogP contribution < -0.4 is 5.32 Å². The number of hydrogen-bond donors (Lipinski definition) is 1. The van der Waals surface area contributed by atoms with Crippen molar-refractivity contribution in [3.8, 4) is 0 Å². The van der Waals surface area contributed by atoms with Crippen molar-refractivity contribution >= 4 is 35.0 Å². The summed E-state index contributed by atoms with van der Waals surface area (Å²) in [6.45, 7) is 7.56. The number of amides is 3. The number of hydrogen-bond acceptors (Lipinski definition) is 3. The van der Waals surface area contributed by atoms with Crippen molar-refractivity contribution in [1.29, 1.82) is 0 Å². The van der Waals surface area contributed by atoms with Gasteiger partial charge in [-0.15, -0.1) is 0 Å². The van der Waals surface area contributed by atoms with Crippen LogP contribution in [0, 0.1) is 19.8 Å². The number of rotatable bonds is 5. The zero-order valence-corrected chi connectivity index (χ0v) is 17.1. The molecule has 1 aliphatic heterocycles. The van der Waals surface area contributed by atoms with Crippen LogP contribution in [0.5, 0.6) is 0 Å². The third kappa shape index (κ3) is 3.42. The van der Waals surface area contributed by atoms with Crippen LogP contribution in [0.2, 0.25) is 5.02 Å². The molecule has 1 N–H and O–H groups in total. The SMILES string of the molecule is CC[C@@H](C)[C@@H](C(=O)Nc1c(C)cc(C)cc1Cl)N1C(=O)c2ccccc2C1=O. The normalized spacial score (nSPS) is 15.4. The van der Waals surface area contributed by atoms with Gasteiger partial charge in [-0.1, -0.05) is 50.1 Å². The van der Waals surface area contributed by atoms with Gasteiger partial charge in [0.05, 0.1) is 21.8 Å². The van der Waals surface area contributed by atoms with Crippen LogP contribution in [0.3, 0.4) is 0 Å². The standard InChI is InChI=1S/C22H23ClN2O3/c1-5-13(3)19(20(26)24-18-14(4)10-12(2)11-17(18)23)25-21(27)15-8-6-7-9-16(15)22(25)28/h6-11,13,19H,5H2,1-4H3,(H,24,26)/t13-,19+/m1/s1. The van der Waals surface area contributed by atoms with E-state index in [1.54, 1.807) is 30.3 Å². The van der Waals surface area contributed by atoms with Crippen molar-refractivity contribution in [2.75, 3.05) is 5.32 Å². The summed E-state index contributed by atoms with van der Waals surface area (Å²) in [5.41, 5.74) is 2.97. The number of nitrogens with zero attached hydrogens (tertiary/aromatic N) is 1. The highest BCUT2D eigenvalue weighted by Gasteiger charge is 2.44. The second-order valence-corrected chi connectivity index (χ2v) is 7.69. The lowest BCUT2D eigenvalue weighted by molar-refractivity contribution is -0.121. The molecule has 1 aliphatic rings. The molecule has 2 aromatic rings. The predicted octanol–water partition coefficient (Wildman–Crippen LogP) is 4.61. The van der Waals surface area contributed by atoms with Crippen LogP contribution in [-0.2, 0) is 4.79 Å². The quantitative estimate of drug-likeness (QED) is 0.748. The number of benzene rings is 2.